The minimum absolute atomic E-state index is 0.0206. The molecular weight excluding hydrogens is 228 g/mol. The van der Waals surface area contributed by atoms with E-state index in [1.807, 2.05) is 43.3 Å². The Morgan fingerprint density at radius 2 is 2.17 bits per heavy atom. The van der Waals surface area contributed by atoms with E-state index in [1.54, 1.807) is 4.90 Å². The first-order valence-corrected chi connectivity index (χ1v) is 6.33. The smallest absolute Gasteiger partial charge is 0.256 e. The number of para-hydroxylation sites is 1. The first-order valence-electron chi connectivity index (χ1n) is 6.33. The van der Waals surface area contributed by atoms with E-state index in [1.165, 1.54) is 0 Å². The molecule has 1 fully saturated rings. The summed E-state index contributed by atoms with van der Waals surface area (Å²) in [6.07, 6.45) is 1.87. The Balaban J connectivity index is 2.28. The van der Waals surface area contributed by atoms with E-state index < -0.39 is 0 Å². The van der Waals surface area contributed by atoms with Crippen molar-refractivity contribution in [2.75, 3.05) is 32.1 Å². The summed E-state index contributed by atoms with van der Waals surface area (Å²) in [6, 6.07) is 7.58. The Labute approximate surface area is 108 Å². The second-order valence-corrected chi connectivity index (χ2v) is 4.89. The van der Waals surface area contributed by atoms with Crippen molar-refractivity contribution in [3.63, 3.8) is 0 Å². The molecule has 1 atom stereocenters. The van der Waals surface area contributed by atoms with Crippen molar-refractivity contribution in [3.05, 3.63) is 29.8 Å². The molecule has 4 heteroatoms. The lowest BCUT2D eigenvalue weighted by molar-refractivity contribution is 0.0678. The van der Waals surface area contributed by atoms with Gasteiger partial charge >= 0.3 is 0 Å². The molecule has 0 bridgehead atoms. The number of hydrogen-bond acceptors (Lipinski definition) is 3. The molecule has 1 heterocycles. The average molecular weight is 248 g/mol. The number of amides is 1. The van der Waals surface area contributed by atoms with Gasteiger partial charge < -0.3 is 14.9 Å². The highest BCUT2D eigenvalue weighted by Crippen LogP contribution is 2.24. The maximum Gasteiger partial charge on any atom is 0.256 e. The summed E-state index contributed by atoms with van der Waals surface area (Å²) in [6.45, 7) is 0.793. The lowest BCUT2D eigenvalue weighted by Gasteiger charge is -2.25. The Kier molecular flexibility index (Phi) is 3.87. The second-order valence-electron chi connectivity index (χ2n) is 4.89. The zero-order chi connectivity index (χ0) is 13.1. The van der Waals surface area contributed by atoms with Gasteiger partial charge in [0.1, 0.15) is 0 Å². The van der Waals surface area contributed by atoms with Gasteiger partial charge in [0, 0.05) is 26.3 Å². The molecule has 1 aromatic rings. The standard InChI is InChI=1S/C14H20N2O2/c1-15(2)13-8-4-3-7-12(13)14(18)16-9-5-6-11(16)10-17/h3-4,7-8,11,17H,5-6,9-10H2,1-2H3. The van der Waals surface area contributed by atoms with E-state index in [-0.39, 0.29) is 18.6 Å². The van der Waals surface area contributed by atoms with Crippen molar-refractivity contribution in [2.45, 2.75) is 18.9 Å². The SMILES string of the molecule is CN(C)c1ccccc1C(=O)N1CCCC1CO. The molecule has 2 rings (SSSR count). The molecule has 0 saturated carbocycles. The second kappa shape index (κ2) is 5.40. The van der Waals surface area contributed by atoms with Gasteiger partial charge in [0.05, 0.1) is 18.2 Å². The van der Waals surface area contributed by atoms with Crippen molar-refractivity contribution >= 4 is 11.6 Å². The molecule has 1 N–H and O–H groups in total. The fraction of sp³-hybridized carbons (Fsp3) is 0.500. The molecule has 0 radical (unpaired) electrons. The van der Waals surface area contributed by atoms with Crippen molar-refractivity contribution in [3.8, 4) is 0 Å². The van der Waals surface area contributed by atoms with Crippen LogP contribution in [0.3, 0.4) is 0 Å². The molecule has 0 aromatic heterocycles. The number of rotatable bonds is 3. The van der Waals surface area contributed by atoms with Gasteiger partial charge in [0.2, 0.25) is 0 Å². The molecule has 0 aliphatic carbocycles. The van der Waals surface area contributed by atoms with E-state index in [0.29, 0.717) is 5.56 Å². The number of likely N-dealkylation sites (tertiary alicyclic amines) is 1. The number of nitrogens with zero attached hydrogens (tertiary/aromatic N) is 2. The van der Waals surface area contributed by atoms with Gasteiger partial charge in [-0.15, -0.1) is 0 Å². The number of aliphatic hydroxyl groups is 1. The summed E-state index contributed by atoms with van der Waals surface area (Å²) in [5.74, 6) is 0.0239. The van der Waals surface area contributed by atoms with Crippen LogP contribution < -0.4 is 4.90 Å². The summed E-state index contributed by atoms with van der Waals surface area (Å²) in [4.78, 5) is 16.3. The van der Waals surface area contributed by atoms with Gasteiger partial charge in [0.15, 0.2) is 0 Å². The van der Waals surface area contributed by atoms with Gasteiger partial charge in [-0.25, -0.2) is 0 Å². The third-order valence-corrected chi connectivity index (χ3v) is 3.47. The highest BCUT2D eigenvalue weighted by Gasteiger charge is 2.29. The molecule has 1 saturated heterocycles. The summed E-state index contributed by atoms with van der Waals surface area (Å²) < 4.78 is 0. The number of anilines is 1. The molecule has 98 valence electrons. The molecule has 1 aromatic carbocycles. The third kappa shape index (κ3) is 2.34. The number of hydrogen-bond donors (Lipinski definition) is 1. The van der Waals surface area contributed by atoms with E-state index in [2.05, 4.69) is 0 Å². The van der Waals surface area contributed by atoms with Gasteiger partial charge in [-0.1, -0.05) is 12.1 Å². The lowest BCUT2D eigenvalue weighted by atomic mass is 10.1. The summed E-state index contributed by atoms with van der Waals surface area (Å²) in [7, 11) is 3.86. The van der Waals surface area contributed by atoms with Crippen LogP contribution in [0, 0.1) is 0 Å². The van der Waals surface area contributed by atoms with Crippen molar-refractivity contribution in [1.82, 2.24) is 4.90 Å². The Bertz CT molecular complexity index is 432. The van der Waals surface area contributed by atoms with Gasteiger partial charge in [0.25, 0.3) is 5.91 Å². The van der Waals surface area contributed by atoms with Crippen LogP contribution in [0.2, 0.25) is 0 Å². The zero-order valence-electron chi connectivity index (χ0n) is 11.0. The summed E-state index contributed by atoms with van der Waals surface area (Å²) in [5, 5.41) is 9.31. The third-order valence-electron chi connectivity index (χ3n) is 3.47. The molecule has 1 amide bonds. The molecule has 1 aliphatic heterocycles. The molecular formula is C14H20N2O2. The summed E-state index contributed by atoms with van der Waals surface area (Å²) in [5.41, 5.74) is 1.63. The number of carbonyl (C=O) groups is 1. The van der Waals surface area contributed by atoms with Crippen molar-refractivity contribution in [1.29, 1.82) is 0 Å². The van der Waals surface area contributed by atoms with Gasteiger partial charge in [-0.2, -0.15) is 0 Å². The summed E-state index contributed by atoms with van der Waals surface area (Å²) >= 11 is 0. The van der Waals surface area contributed by atoms with Crippen LogP contribution in [0.1, 0.15) is 23.2 Å². The number of carbonyl (C=O) groups excluding carboxylic acids is 1. The molecule has 1 unspecified atom stereocenters. The largest absolute Gasteiger partial charge is 0.394 e. The first kappa shape index (κ1) is 12.9. The normalized spacial score (nSPS) is 19.1. The quantitative estimate of drug-likeness (QED) is 0.878. The average Bonchev–Trinajstić information content (AvgIpc) is 2.86. The van der Waals surface area contributed by atoms with E-state index in [0.717, 1.165) is 25.1 Å². The Morgan fingerprint density at radius 1 is 1.44 bits per heavy atom. The van der Waals surface area contributed by atoms with E-state index >= 15 is 0 Å². The predicted octanol–water partition coefficient (Wildman–Crippen LogP) is 1.35. The van der Waals surface area contributed by atoms with E-state index in [4.69, 9.17) is 0 Å². The van der Waals surface area contributed by atoms with Crippen LogP contribution in [-0.2, 0) is 0 Å². The Hall–Kier alpha value is -1.55. The van der Waals surface area contributed by atoms with E-state index in [9.17, 15) is 9.90 Å². The topological polar surface area (TPSA) is 43.8 Å². The Morgan fingerprint density at radius 3 is 2.83 bits per heavy atom. The fourth-order valence-corrected chi connectivity index (χ4v) is 2.49. The van der Waals surface area contributed by atoms with Crippen molar-refractivity contribution < 1.29 is 9.90 Å². The number of aliphatic hydroxyl groups excluding tert-OH is 1. The maximum absolute atomic E-state index is 12.5. The first-order chi connectivity index (χ1) is 8.65. The van der Waals surface area contributed by atoms with Crippen LogP contribution in [0.25, 0.3) is 0 Å². The zero-order valence-corrected chi connectivity index (χ0v) is 11.0. The lowest BCUT2D eigenvalue weighted by Crippen LogP contribution is -2.38. The minimum Gasteiger partial charge on any atom is -0.394 e. The highest BCUT2D eigenvalue weighted by molar-refractivity contribution is 6.00. The van der Waals surface area contributed by atoms with Crippen LogP contribution in [-0.4, -0.2) is 49.2 Å². The van der Waals surface area contributed by atoms with Gasteiger partial charge in [-0.3, -0.25) is 4.79 Å². The van der Waals surface area contributed by atoms with Crippen LogP contribution in [0.15, 0.2) is 24.3 Å². The minimum atomic E-state index is -0.0206. The van der Waals surface area contributed by atoms with Crippen molar-refractivity contribution in [2.24, 2.45) is 0 Å². The van der Waals surface area contributed by atoms with Crippen LogP contribution in [0.5, 0.6) is 0 Å². The van der Waals surface area contributed by atoms with Crippen LogP contribution >= 0.6 is 0 Å². The molecule has 0 spiro atoms. The van der Waals surface area contributed by atoms with Crippen LogP contribution in [0.4, 0.5) is 5.69 Å². The maximum atomic E-state index is 12.5. The predicted molar refractivity (Wildman–Crippen MR) is 71.9 cm³/mol. The molecule has 1 aliphatic rings. The molecule has 4 nitrogen and oxygen atoms in total. The monoisotopic (exact) mass is 248 g/mol. The fourth-order valence-electron chi connectivity index (χ4n) is 2.49. The van der Waals surface area contributed by atoms with Gasteiger partial charge in [-0.05, 0) is 25.0 Å². The highest BCUT2D eigenvalue weighted by atomic mass is 16.3. The number of benzene rings is 1. The molecule has 18 heavy (non-hydrogen) atoms.